The van der Waals surface area contributed by atoms with Crippen LogP contribution in [0.25, 0.3) is 0 Å². The molecule has 0 spiro atoms. The van der Waals surface area contributed by atoms with Gasteiger partial charge in [0, 0.05) is 9.92 Å². The van der Waals surface area contributed by atoms with E-state index in [4.69, 9.17) is 34.8 Å². The molecule has 6 heteroatoms. The second kappa shape index (κ2) is 8.11. The highest BCUT2D eigenvalue weighted by Gasteiger charge is 2.12. The normalized spacial score (nSPS) is 12.0. The first-order chi connectivity index (χ1) is 10.5. The fourth-order valence-electron chi connectivity index (χ4n) is 1.90. The molecule has 0 aliphatic rings. The van der Waals surface area contributed by atoms with Crippen molar-refractivity contribution in [2.75, 3.05) is 5.75 Å². The van der Waals surface area contributed by atoms with Crippen molar-refractivity contribution in [3.63, 3.8) is 0 Å². The van der Waals surface area contributed by atoms with Gasteiger partial charge in [-0.15, -0.1) is 11.8 Å². The fraction of sp³-hybridized carbons (Fsp3) is 0.188. The smallest absolute Gasteiger partial charge is 0.230 e. The predicted octanol–water partition coefficient (Wildman–Crippen LogP) is 5.62. The van der Waals surface area contributed by atoms with E-state index in [-0.39, 0.29) is 17.7 Å². The summed E-state index contributed by atoms with van der Waals surface area (Å²) in [6.45, 7) is 1.91. The second-order valence-corrected chi connectivity index (χ2v) is 6.92. The van der Waals surface area contributed by atoms with Crippen LogP contribution in [-0.4, -0.2) is 11.7 Å². The Bertz CT molecular complexity index is 658. The summed E-state index contributed by atoms with van der Waals surface area (Å²) in [4.78, 5) is 12.8. The average Bonchev–Trinajstić information content (AvgIpc) is 2.46. The maximum absolute atomic E-state index is 12.1. The predicted molar refractivity (Wildman–Crippen MR) is 95.2 cm³/mol. The quantitative estimate of drug-likeness (QED) is 0.688. The van der Waals surface area contributed by atoms with Gasteiger partial charge in [-0.1, -0.05) is 53.0 Å². The van der Waals surface area contributed by atoms with E-state index >= 15 is 0 Å². The molecule has 0 bridgehead atoms. The van der Waals surface area contributed by atoms with Crippen molar-refractivity contribution in [3.05, 3.63) is 63.1 Å². The Kier molecular flexibility index (Phi) is 6.45. The number of benzene rings is 2. The van der Waals surface area contributed by atoms with Crippen LogP contribution in [0.3, 0.4) is 0 Å². The summed E-state index contributed by atoms with van der Waals surface area (Å²) in [5, 5.41) is 4.68. The zero-order valence-corrected chi connectivity index (χ0v) is 14.9. The summed E-state index contributed by atoms with van der Waals surface area (Å²) in [7, 11) is 0. The zero-order valence-electron chi connectivity index (χ0n) is 11.8. The van der Waals surface area contributed by atoms with Crippen LogP contribution in [0.15, 0.2) is 47.4 Å². The first kappa shape index (κ1) is 17.5. The second-order valence-electron chi connectivity index (χ2n) is 4.68. The van der Waals surface area contributed by atoms with Gasteiger partial charge >= 0.3 is 0 Å². The Morgan fingerprint density at radius 1 is 1.14 bits per heavy atom. The van der Waals surface area contributed by atoms with Crippen molar-refractivity contribution in [1.82, 2.24) is 5.32 Å². The Labute approximate surface area is 149 Å². The molecule has 0 unspecified atom stereocenters. The van der Waals surface area contributed by atoms with Crippen LogP contribution in [-0.2, 0) is 4.79 Å². The molecule has 2 aromatic rings. The van der Waals surface area contributed by atoms with E-state index in [9.17, 15) is 4.79 Å². The third-order valence-corrected chi connectivity index (χ3v) is 5.22. The monoisotopic (exact) mass is 373 g/mol. The standard InChI is InChI=1S/C16H14Cl3NOS/c1-10(11-4-2-5-12(17)8-11)20-15(21)9-22-16-13(18)6-3-7-14(16)19/h2-8,10H,9H2,1H3,(H,20,21)/t10-/m1/s1. The molecule has 2 aromatic carbocycles. The highest BCUT2D eigenvalue weighted by Crippen LogP contribution is 2.33. The number of carbonyl (C=O) groups is 1. The summed E-state index contributed by atoms with van der Waals surface area (Å²) < 4.78 is 0. The molecule has 0 radical (unpaired) electrons. The molecule has 0 heterocycles. The van der Waals surface area contributed by atoms with Gasteiger partial charge < -0.3 is 5.32 Å². The molecular formula is C16H14Cl3NOS. The molecular weight excluding hydrogens is 361 g/mol. The maximum Gasteiger partial charge on any atom is 0.230 e. The number of hydrogen-bond donors (Lipinski definition) is 1. The van der Waals surface area contributed by atoms with Crippen LogP contribution in [0, 0.1) is 0 Å². The van der Waals surface area contributed by atoms with Gasteiger partial charge in [-0.3, -0.25) is 4.79 Å². The van der Waals surface area contributed by atoms with Gasteiger partial charge in [0.15, 0.2) is 0 Å². The van der Waals surface area contributed by atoms with Crippen molar-refractivity contribution < 1.29 is 4.79 Å². The largest absolute Gasteiger partial charge is 0.349 e. The lowest BCUT2D eigenvalue weighted by molar-refractivity contribution is -0.119. The van der Waals surface area contributed by atoms with Crippen LogP contribution >= 0.6 is 46.6 Å². The Morgan fingerprint density at radius 3 is 2.41 bits per heavy atom. The molecule has 0 aliphatic carbocycles. The number of nitrogens with one attached hydrogen (secondary N) is 1. The van der Waals surface area contributed by atoms with Crippen LogP contribution < -0.4 is 5.32 Å². The number of amides is 1. The zero-order chi connectivity index (χ0) is 16.1. The van der Waals surface area contributed by atoms with Crippen molar-refractivity contribution in [3.8, 4) is 0 Å². The first-order valence-electron chi connectivity index (χ1n) is 6.59. The van der Waals surface area contributed by atoms with E-state index in [0.717, 1.165) is 10.5 Å². The third-order valence-electron chi connectivity index (χ3n) is 2.99. The van der Waals surface area contributed by atoms with E-state index in [2.05, 4.69) is 5.32 Å². The van der Waals surface area contributed by atoms with Crippen molar-refractivity contribution >= 4 is 52.5 Å². The van der Waals surface area contributed by atoms with Gasteiger partial charge in [-0.2, -0.15) is 0 Å². The SMILES string of the molecule is C[C@@H](NC(=O)CSc1c(Cl)cccc1Cl)c1cccc(Cl)c1. The molecule has 2 rings (SSSR count). The molecule has 1 atom stereocenters. The minimum absolute atomic E-state index is 0.0894. The van der Waals surface area contributed by atoms with Gasteiger partial charge in [0.05, 0.1) is 21.8 Å². The lowest BCUT2D eigenvalue weighted by Crippen LogP contribution is -2.28. The summed E-state index contributed by atoms with van der Waals surface area (Å²) >= 11 is 19.4. The molecule has 0 fully saturated rings. The van der Waals surface area contributed by atoms with Gasteiger partial charge in [-0.05, 0) is 36.8 Å². The van der Waals surface area contributed by atoms with Crippen LogP contribution in [0.5, 0.6) is 0 Å². The van der Waals surface area contributed by atoms with Gasteiger partial charge in [0.2, 0.25) is 5.91 Å². The topological polar surface area (TPSA) is 29.1 Å². The summed E-state index contributed by atoms with van der Waals surface area (Å²) in [5.74, 6) is 0.155. The summed E-state index contributed by atoms with van der Waals surface area (Å²) in [5.41, 5.74) is 0.960. The Morgan fingerprint density at radius 2 is 1.77 bits per heavy atom. The van der Waals surface area contributed by atoms with E-state index in [0.29, 0.717) is 15.1 Å². The number of rotatable bonds is 5. The highest BCUT2D eigenvalue weighted by molar-refractivity contribution is 8.00. The Hall–Kier alpha value is -0.870. The lowest BCUT2D eigenvalue weighted by atomic mass is 10.1. The van der Waals surface area contributed by atoms with Crippen LogP contribution in [0.4, 0.5) is 0 Å². The molecule has 0 saturated carbocycles. The lowest BCUT2D eigenvalue weighted by Gasteiger charge is -2.15. The molecule has 0 aromatic heterocycles. The summed E-state index contributed by atoms with van der Waals surface area (Å²) in [6.07, 6.45) is 0. The number of carbonyl (C=O) groups excluding carboxylic acids is 1. The minimum Gasteiger partial charge on any atom is -0.349 e. The van der Waals surface area contributed by atoms with E-state index in [1.54, 1.807) is 24.3 Å². The number of thioether (sulfide) groups is 1. The third kappa shape index (κ3) is 4.82. The number of halogens is 3. The fourth-order valence-corrected chi connectivity index (χ4v) is 3.59. The minimum atomic E-state index is -0.117. The molecule has 0 aliphatic heterocycles. The van der Waals surface area contributed by atoms with E-state index in [1.807, 2.05) is 25.1 Å². The molecule has 116 valence electrons. The van der Waals surface area contributed by atoms with E-state index < -0.39 is 0 Å². The van der Waals surface area contributed by atoms with Crippen LogP contribution in [0.1, 0.15) is 18.5 Å². The van der Waals surface area contributed by atoms with E-state index in [1.165, 1.54) is 11.8 Å². The van der Waals surface area contributed by atoms with Gasteiger partial charge in [-0.25, -0.2) is 0 Å². The van der Waals surface area contributed by atoms with Crippen LogP contribution in [0.2, 0.25) is 15.1 Å². The summed E-state index contributed by atoms with van der Waals surface area (Å²) in [6, 6.07) is 12.6. The van der Waals surface area contributed by atoms with Crippen molar-refractivity contribution in [1.29, 1.82) is 0 Å². The maximum atomic E-state index is 12.1. The molecule has 1 amide bonds. The molecule has 22 heavy (non-hydrogen) atoms. The van der Waals surface area contributed by atoms with Gasteiger partial charge in [0.1, 0.15) is 0 Å². The molecule has 1 N–H and O–H groups in total. The van der Waals surface area contributed by atoms with Crippen molar-refractivity contribution in [2.45, 2.75) is 17.9 Å². The molecule has 0 saturated heterocycles. The average molecular weight is 375 g/mol. The van der Waals surface area contributed by atoms with Gasteiger partial charge in [0.25, 0.3) is 0 Å². The first-order valence-corrected chi connectivity index (χ1v) is 8.71. The highest BCUT2D eigenvalue weighted by atomic mass is 35.5. The molecule has 2 nitrogen and oxygen atoms in total. The Balaban J connectivity index is 1.93. The van der Waals surface area contributed by atoms with Crippen molar-refractivity contribution in [2.24, 2.45) is 0 Å². The number of hydrogen-bond acceptors (Lipinski definition) is 2.